The van der Waals surface area contributed by atoms with Crippen molar-refractivity contribution in [2.45, 2.75) is 11.3 Å². The molecule has 0 bridgehead atoms. The minimum Gasteiger partial charge on any atom is -0.340 e. The molecule has 1 amide bonds. The van der Waals surface area contributed by atoms with Gasteiger partial charge < -0.3 is 4.90 Å². The van der Waals surface area contributed by atoms with Crippen molar-refractivity contribution in [3.05, 3.63) is 68.2 Å². The number of nitro groups is 1. The molecule has 8 nitrogen and oxygen atoms in total. The smallest absolute Gasteiger partial charge is 0.273 e. The molecule has 0 spiro atoms. The maximum atomic E-state index is 12.9. The molecule has 1 aliphatic rings. The Morgan fingerprint density at radius 1 is 1.00 bits per heavy atom. The molecule has 2 aromatic carbocycles. The minimum atomic E-state index is -3.91. The lowest BCUT2D eigenvalue weighted by Gasteiger charge is -2.34. The molecule has 0 aliphatic carbocycles. The Balaban J connectivity index is 1.69. The molecule has 0 unspecified atom stereocenters. The van der Waals surface area contributed by atoms with Crippen LogP contribution in [0.4, 0.5) is 5.69 Å². The lowest BCUT2D eigenvalue weighted by molar-refractivity contribution is -0.385. The number of piperazine rings is 1. The summed E-state index contributed by atoms with van der Waals surface area (Å²) in [6.07, 6.45) is -0.125. The number of carbonyl (C=O) groups excluding carboxylic acids is 1. The standard InChI is InChI=1S/C18H17Cl2N3O5S/c19-14-5-3-6-15(20)18(14)29(27,28)22-10-8-21(9-11-22)17(24)12-13-4-1-2-7-16(13)23(25)26/h1-7H,8-12H2. The molecule has 1 aliphatic heterocycles. The van der Waals surface area contributed by atoms with E-state index in [0.717, 1.165) is 0 Å². The van der Waals surface area contributed by atoms with Gasteiger partial charge in [0.2, 0.25) is 15.9 Å². The Bertz CT molecular complexity index is 1030. The molecule has 0 radical (unpaired) electrons. The first-order valence-electron chi connectivity index (χ1n) is 8.66. The van der Waals surface area contributed by atoms with Gasteiger partial charge in [0, 0.05) is 37.8 Å². The van der Waals surface area contributed by atoms with E-state index in [1.165, 1.54) is 39.5 Å². The summed E-state index contributed by atoms with van der Waals surface area (Å²) in [5.74, 6) is -0.299. The number of hydrogen-bond acceptors (Lipinski definition) is 5. The van der Waals surface area contributed by atoms with Crippen LogP contribution < -0.4 is 0 Å². The van der Waals surface area contributed by atoms with Gasteiger partial charge in [-0.05, 0) is 12.1 Å². The summed E-state index contributed by atoms with van der Waals surface area (Å²) in [5, 5.41) is 11.2. The van der Waals surface area contributed by atoms with Gasteiger partial charge in [-0.15, -0.1) is 0 Å². The maximum Gasteiger partial charge on any atom is 0.273 e. The highest BCUT2D eigenvalue weighted by Crippen LogP contribution is 2.32. The third-order valence-corrected chi connectivity index (χ3v) is 7.49. The van der Waals surface area contributed by atoms with Crippen LogP contribution in [0.15, 0.2) is 47.4 Å². The first-order chi connectivity index (χ1) is 13.7. The van der Waals surface area contributed by atoms with Gasteiger partial charge in [-0.25, -0.2) is 8.42 Å². The Morgan fingerprint density at radius 2 is 1.59 bits per heavy atom. The number of nitrogens with zero attached hydrogens (tertiary/aromatic N) is 3. The number of nitro benzene ring substituents is 1. The average molecular weight is 458 g/mol. The molecule has 2 aromatic rings. The van der Waals surface area contributed by atoms with Crippen LogP contribution >= 0.6 is 23.2 Å². The van der Waals surface area contributed by atoms with Gasteiger partial charge in [0.05, 0.1) is 21.4 Å². The number of para-hydroxylation sites is 1. The summed E-state index contributed by atoms with van der Waals surface area (Å²) in [6.45, 7) is 0.487. The van der Waals surface area contributed by atoms with Gasteiger partial charge in [0.25, 0.3) is 5.69 Å². The zero-order valence-corrected chi connectivity index (χ0v) is 17.5. The summed E-state index contributed by atoms with van der Waals surface area (Å²) >= 11 is 12.1. The normalized spacial score (nSPS) is 15.3. The highest BCUT2D eigenvalue weighted by Gasteiger charge is 2.33. The van der Waals surface area contributed by atoms with Crippen molar-refractivity contribution in [3.8, 4) is 0 Å². The van der Waals surface area contributed by atoms with Gasteiger partial charge >= 0.3 is 0 Å². The van der Waals surface area contributed by atoms with E-state index in [4.69, 9.17) is 23.2 Å². The summed E-state index contributed by atoms with van der Waals surface area (Å²) in [6, 6.07) is 10.5. The largest absolute Gasteiger partial charge is 0.340 e. The SMILES string of the molecule is O=C(Cc1ccccc1[N+](=O)[O-])N1CCN(S(=O)(=O)c2c(Cl)cccc2Cl)CC1. The van der Waals surface area contributed by atoms with Gasteiger partial charge in [0.1, 0.15) is 4.90 Å². The lowest BCUT2D eigenvalue weighted by atomic mass is 10.1. The van der Waals surface area contributed by atoms with Crippen molar-refractivity contribution < 1.29 is 18.1 Å². The highest BCUT2D eigenvalue weighted by atomic mass is 35.5. The second-order valence-electron chi connectivity index (χ2n) is 6.40. The van der Waals surface area contributed by atoms with E-state index in [9.17, 15) is 23.3 Å². The zero-order chi connectivity index (χ0) is 21.2. The van der Waals surface area contributed by atoms with Crippen LogP contribution in [-0.2, 0) is 21.2 Å². The first kappa shape index (κ1) is 21.5. The van der Waals surface area contributed by atoms with E-state index in [2.05, 4.69) is 0 Å². The molecule has 1 saturated heterocycles. The van der Waals surface area contributed by atoms with Crippen molar-refractivity contribution in [2.75, 3.05) is 26.2 Å². The third-order valence-electron chi connectivity index (χ3n) is 4.64. The topological polar surface area (TPSA) is 101 Å². The number of halogens is 2. The van der Waals surface area contributed by atoms with Crippen molar-refractivity contribution in [3.63, 3.8) is 0 Å². The lowest BCUT2D eigenvalue weighted by Crippen LogP contribution is -2.51. The van der Waals surface area contributed by atoms with Crippen molar-refractivity contribution >= 4 is 44.8 Å². The van der Waals surface area contributed by atoms with Gasteiger partial charge in [-0.1, -0.05) is 47.5 Å². The summed E-state index contributed by atoms with van der Waals surface area (Å²) < 4.78 is 27.0. The number of amides is 1. The number of rotatable bonds is 5. The molecule has 1 heterocycles. The predicted octanol–water partition coefficient (Wildman–Crippen LogP) is 2.98. The minimum absolute atomic E-state index is 0.0346. The Hall–Kier alpha value is -2.20. The number of hydrogen-bond donors (Lipinski definition) is 0. The van der Waals surface area contributed by atoms with E-state index in [0.29, 0.717) is 5.56 Å². The Labute approximate surface area is 177 Å². The predicted molar refractivity (Wildman–Crippen MR) is 109 cm³/mol. The van der Waals surface area contributed by atoms with Gasteiger partial charge in [-0.3, -0.25) is 14.9 Å². The molecule has 0 saturated carbocycles. The van der Waals surface area contributed by atoms with Crippen LogP contribution in [0, 0.1) is 10.1 Å². The molecule has 1 fully saturated rings. The number of benzene rings is 2. The van der Waals surface area contributed by atoms with Crippen molar-refractivity contribution in [2.24, 2.45) is 0 Å². The second-order valence-corrected chi connectivity index (χ2v) is 9.09. The fourth-order valence-electron chi connectivity index (χ4n) is 3.15. The molecule has 29 heavy (non-hydrogen) atoms. The quantitative estimate of drug-likeness (QED) is 0.507. The molecule has 0 atom stereocenters. The number of sulfonamides is 1. The monoisotopic (exact) mass is 457 g/mol. The van der Waals surface area contributed by atoms with Gasteiger partial charge in [-0.2, -0.15) is 4.31 Å². The van der Waals surface area contributed by atoms with E-state index in [1.54, 1.807) is 12.1 Å². The van der Waals surface area contributed by atoms with E-state index in [-0.39, 0.29) is 59.1 Å². The summed E-state index contributed by atoms with van der Waals surface area (Å²) in [5.41, 5.74) is 0.204. The highest BCUT2D eigenvalue weighted by molar-refractivity contribution is 7.89. The second kappa shape index (κ2) is 8.66. The Morgan fingerprint density at radius 3 is 2.17 bits per heavy atom. The van der Waals surface area contributed by atoms with Crippen LogP contribution in [0.5, 0.6) is 0 Å². The van der Waals surface area contributed by atoms with E-state index in [1.807, 2.05) is 0 Å². The van der Waals surface area contributed by atoms with Crippen LogP contribution in [-0.4, -0.2) is 54.6 Å². The average Bonchev–Trinajstić information content (AvgIpc) is 2.68. The first-order valence-corrected chi connectivity index (χ1v) is 10.9. The molecule has 0 aromatic heterocycles. The summed E-state index contributed by atoms with van der Waals surface area (Å²) in [7, 11) is -3.91. The zero-order valence-electron chi connectivity index (χ0n) is 15.1. The van der Waals surface area contributed by atoms with Gasteiger partial charge in [0.15, 0.2) is 0 Å². The molecule has 11 heteroatoms. The molecule has 3 rings (SSSR count). The molecule has 154 valence electrons. The van der Waals surface area contributed by atoms with E-state index < -0.39 is 14.9 Å². The van der Waals surface area contributed by atoms with Crippen molar-refractivity contribution in [1.29, 1.82) is 0 Å². The molecular formula is C18H17Cl2N3O5S. The third kappa shape index (κ3) is 4.53. The fourth-order valence-corrected chi connectivity index (χ4v) is 5.66. The van der Waals surface area contributed by atoms with Crippen LogP contribution in [0.3, 0.4) is 0 Å². The van der Waals surface area contributed by atoms with E-state index >= 15 is 0 Å². The maximum absolute atomic E-state index is 12.9. The van der Waals surface area contributed by atoms with Crippen LogP contribution in [0.1, 0.15) is 5.56 Å². The van der Waals surface area contributed by atoms with Crippen LogP contribution in [0.2, 0.25) is 10.0 Å². The molecule has 0 N–H and O–H groups in total. The fraction of sp³-hybridized carbons (Fsp3) is 0.278. The molecular weight excluding hydrogens is 441 g/mol. The van der Waals surface area contributed by atoms with Crippen LogP contribution in [0.25, 0.3) is 0 Å². The Kier molecular flexibility index (Phi) is 6.42. The number of carbonyl (C=O) groups is 1. The summed E-state index contributed by atoms with van der Waals surface area (Å²) in [4.78, 5) is 24.5. The van der Waals surface area contributed by atoms with Crippen molar-refractivity contribution in [1.82, 2.24) is 9.21 Å².